The molecule has 2 atom stereocenters. The van der Waals surface area contributed by atoms with E-state index in [1.807, 2.05) is 0 Å². The molecule has 1 aliphatic rings. The fourth-order valence-corrected chi connectivity index (χ4v) is 1.73. The maximum atomic E-state index is 11.9. The minimum absolute atomic E-state index is 0.115. The third kappa shape index (κ3) is 4.70. The maximum absolute atomic E-state index is 11.9. The number of ether oxygens (including phenoxy) is 2. The predicted octanol–water partition coefficient (Wildman–Crippen LogP) is 1.93. The first-order chi connectivity index (χ1) is 8.87. The molecule has 7 heteroatoms. The van der Waals surface area contributed by atoms with Crippen molar-refractivity contribution >= 4 is 6.09 Å². The van der Waals surface area contributed by atoms with Gasteiger partial charge in [-0.25, -0.2) is 4.79 Å². The van der Waals surface area contributed by atoms with Gasteiger partial charge in [-0.1, -0.05) is 11.0 Å². The zero-order valence-electron chi connectivity index (χ0n) is 11.4. The Labute approximate surface area is 112 Å². The van der Waals surface area contributed by atoms with E-state index in [1.54, 1.807) is 20.8 Å². The van der Waals surface area contributed by atoms with Gasteiger partial charge in [-0.15, -0.1) is 6.42 Å². The zero-order valence-corrected chi connectivity index (χ0v) is 11.4. The number of likely N-dealkylation sites (tertiary alicyclic amines) is 1. The van der Waals surface area contributed by atoms with E-state index in [0.29, 0.717) is 6.54 Å². The van der Waals surface area contributed by atoms with E-state index in [-0.39, 0.29) is 19.3 Å². The summed E-state index contributed by atoms with van der Waals surface area (Å²) in [5.41, 5.74) is 7.94. The van der Waals surface area contributed by atoms with E-state index in [9.17, 15) is 4.79 Å². The van der Waals surface area contributed by atoms with Gasteiger partial charge in [-0.2, -0.15) is 0 Å². The molecular weight excluding hydrogens is 248 g/mol. The predicted molar refractivity (Wildman–Crippen MR) is 69.3 cm³/mol. The smallest absolute Gasteiger partial charge is 0.410 e. The van der Waals surface area contributed by atoms with Crippen molar-refractivity contribution in [3.05, 3.63) is 10.4 Å². The number of nitrogens with zero attached hydrogens (tertiary/aromatic N) is 4. The van der Waals surface area contributed by atoms with Crippen LogP contribution in [0.25, 0.3) is 10.4 Å². The molecule has 1 aliphatic heterocycles. The van der Waals surface area contributed by atoms with E-state index in [2.05, 4.69) is 15.9 Å². The quantitative estimate of drug-likeness (QED) is 0.338. The van der Waals surface area contributed by atoms with Gasteiger partial charge in [0.1, 0.15) is 12.2 Å². The van der Waals surface area contributed by atoms with Gasteiger partial charge in [-0.3, -0.25) is 0 Å². The molecule has 1 amide bonds. The molecule has 0 aromatic carbocycles. The summed E-state index contributed by atoms with van der Waals surface area (Å²) >= 11 is 0. The number of hydrogen-bond donors (Lipinski definition) is 0. The van der Waals surface area contributed by atoms with Crippen molar-refractivity contribution in [2.75, 3.05) is 19.7 Å². The average molecular weight is 266 g/mol. The van der Waals surface area contributed by atoms with Crippen LogP contribution in [0.4, 0.5) is 4.79 Å². The zero-order chi connectivity index (χ0) is 14.5. The van der Waals surface area contributed by atoms with Crippen molar-refractivity contribution in [3.63, 3.8) is 0 Å². The van der Waals surface area contributed by atoms with Gasteiger partial charge in [0.25, 0.3) is 0 Å². The van der Waals surface area contributed by atoms with Crippen molar-refractivity contribution in [2.45, 2.75) is 38.5 Å². The van der Waals surface area contributed by atoms with Crippen LogP contribution in [0.5, 0.6) is 0 Å². The molecule has 1 heterocycles. The van der Waals surface area contributed by atoms with E-state index in [1.165, 1.54) is 4.90 Å². The molecule has 104 valence electrons. The topological polar surface area (TPSA) is 87.5 Å². The Morgan fingerprint density at radius 2 is 2.26 bits per heavy atom. The molecule has 0 aliphatic carbocycles. The molecule has 0 radical (unpaired) electrons. The molecule has 0 saturated carbocycles. The number of amides is 1. The summed E-state index contributed by atoms with van der Waals surface area (Å²) < 4.78 is 10.6. The van der Waals surface area contributed by atoms with Gasteiger partial charge >= 0.3 is 6.09 Å². The van der Waals surface area contributed by atoms with Crippen LogP contribution in [0.2, 0.25) is 0 Å². The second kappa shape index (κ2) is 6.32. The summed E-state index contributed by atoms with van der Waals surface area (Å²) in [6.45, 7) is 6.06. The second-order valence-electron chi connectivity index (χ2n) is 5.21. The Kier molecular flexibility index (Phi) is 5.04. The Bertz CT molecular complexity index is 418. The lowest BCUT2D eigenvalue weighted by molar-refractivity contribution is 0.0236. The number of hydrogen-bond acceptors (Lipinski definition) is 4. The molecule has 19 heavy (non-hydrogen) atoms. The van der Waals surface area contributed by atoms with E-state index >= 15 is 0 Å². The maximum Gasteiger partial charge on any atom is 0.410 e. The molecule has 1 saturated heterocycles. The monoisotopic (exact) mass is 266 g/mol. The molecular formula is C12H18N4O3. The molecule has 7 nitrogen and oxygen atoms in total. The highest BCUT2D eigenvalue weighted by atomic mass is 16.6. The number of azide groups is 1. The highest BCUT2D eigenvalue weighted by molar-refractivity contribution is 5.68. The molecule has 0 unspecified atom stereocenters. The summed E-state index contributed by atoms with van der Waals surface area (Å²) in [7, 11) is 0. The van der Waals surface area contributed by atoms with Gasteiger partial charge in [0.2, 0.25) is 0 Å². The summed E-state index contributed by atoms with van der Waals surface area (Å²) in [6.07, 6.45) is 4.28. The number of carbonyl (C=O) groups is 1. The average Bonchev–Trinajstić information content (AvgIpc) is 2.68. The molecule has 1 rings (SSSR count). The van der Waals surface area contributed by atoms with Gasteiger partial charge in [0.15, 0.2) is 0 Å². The van der Waals surface area contributed by atoms with Gasteiger partial charge < -0.3 is 14.4 Å². The minimum atomic E-state index is -0.567. The Balaban J connectivity index is 2.66. The standard InChI is InChI=1S/C12H18N4O3/c1-5-6-18-10-8-16(7-9(10)14-15-13)11(17)19-12(2,3)4/h1,9-10H,6-8H2,2-4H3/t9-,10-/m1/s1. The molecule has 0 aromatic heterocycles. The Morgan fingerprint density at radius 3 is 2.79 bits per heavy atom. The van der Waals surface area contributed by atoms with Crippen LogP contribution in [-0.4, -0.2) is 48.4 Å². The lowest BCUT2D eigenvalue weighted by atomic mass is 10.2. The van der Waals surface area contributed by atoms with Crippen molar-refractivity contribution < 1.29 is 14.3 Å². The van der Waals surface area contributed by atoms with E-state index in [4.69, 9.17) is 21.4 Å². The fraction of sp³-hybridized carbons (Fsp3) is 0.750. The largest absolute Gasteiger partial charge is 0.444 e. The third-order valence-electron chi connectivity index (χ3n) is 2.47. The molecule has 1 fully saturated rings. The third-order valence-corrected chi connectivity index (χ3v) is 2.47. The first-order valence-corrected chi connectivity index (χ1v) is 5.94. The molecule has 0 aromatic rings. The van der Waals surface area contributed by atoms with Gasteiger partial charge in [-0.05, 0) is 26.3 Å². The van der Waals surface area contributed by atoms with Crippen LogP contribution in [0, 0.1) is 12.3 Å². The van der Waals surface area contributed by atoms with Crippen LogP contribution in [-0.2, 0) is 9.47 Å². The first kappa shape index (κ1) is 15.2. The van der Waals surface area contributed by atoms with Crippen LogP contribution < -0.4 is 0 Å². The first-order valence-electron chi connectivity index (χ1n) is 5.94. The summed E-state index contributed by atoms with van der Waals surface area (Å²) in [4.78, 5) is 16.1. The van der Waals surface area contributed by atoms with Crippen molar-refractivity contribution in [1.29, 1.82) is 0 Å². The van der Waals surface area contributed by atoms with Crippen LogP contribution in [0.15, 0.2) is 5.11 Å². The highest BCUT2D eigenvalue weighted by Crippen LogP contribution is 2.20. The SMILES string of the molecule is C#CCO[C@@H]1CN(C(=O)OC(C)(C)C)C[C@H]1N=[N+]=[N-]. The summed E-state index contributed by atoms with van der Waals surface area (Å²) in [6, 6.07) is -0.439. The van der Waals surface area contributed by atoms with Crippen molar-refractivity contribution in [1.82, 2.24) is 4.90 Å². The minimum Gasteiger partial charge on any atom is -0.444 e. The summed E-state index contributed by atoms with van der Waals surface area (Å²) in [5, 5.41) is 3.62. The summed E-state index contributed by atoms with van der Waals surface area (Å²) in [5.74, 6) is 2.35. The Morgan fingerprint density at radius 1 is 1.58 bits per heavy atom. The lowest BCUT2D eigenvalue weighted by Crippen LogP contribution is -2.36. The highest BCUT2D eigenvalue weighted by Gasteiger charge is 2.37. The second-order valence-corrected chi connectivity index (χ2v) is 5.21. The fourth-order valence-electron chi connectivity index (χ4n) is 1.73. The van der Waals surface area contributed by atoms with E-state index < -0.39 is 17.7 Å². The Hall–Kier alpha value is -1.90. The van der Waals surface area contributed by atoms with E-state index in [0.717, 1.165) is 0 Å². The van der Waals surface area contributed by atoms with Crippen LogP contribution in [0.1, 0.15) is 20.8 Å². The van der Waals surface area contributed by atoms with Crippen molar-refractivity contribution in [2.24, 2.45) is 5.11 Å². The molecule has 0 spiro atoms. The molecule has 0 N–H and O–H groups in total. The number of rotatable bonds is 3. The van der Waals surface area contributed by atoms with Crippen LogP contribution in [0.3, 0.4) is 0 Å². The van der Waals surface area contributed by atoms with Crippen molar-refractivity contribution in [3.8, 4) is 12.3 Å². The molecule has 0 bridgehead atoms. The lowest BCUT2D eigenvalue weighted by Gasteiger charge is -2.24. The normalized spacial score (nSPS) is 22.5. The van der Waals surface area contributed by atoms with Crippen LogP contribution >= 0.6 is 0 Å². The van der Waals surface area contributed by atoms with Gasteiger partial charge in [0, 0.05) is 11.5 Å². The van der Waals surface area contributed by atoms with Gasteiger partial charge in [0.05, 0.1) is 18.7 Å². The number of carbonyl (C=O) groups excluding carboxylic acids is 1. The number of terminal acetylenes is 1.